The van der Waals surface area contributed by atoms with Crippen molar-refractivity contribution in [1.29, 1.82) is 0 Å². The van der Waals surface area contributed by atoms with E-state index in [0.29, 0.717) is 6.42 Å². The first kappa shape index (κ1) is 13.9. The normalized spacial score (nSPS) is 14.3. The third-order valence-electron chi connectivity index (χ3n) is 2.39. The average molecular weight is 217 g/mol. The van der Waals surface area contributed by atoms with Crippen molar-refractivity contribution in [3.63, 3.8) is 0 Å². The van der Waals surface area contributed by atoms with Crippen LogP contribution in [0.1, 0.15) is 46.5 Å². The van der Waals surface area contributed by atoms with Gasteiger partial charge in [0.1, 0.15) is 0 Å². The fraction of sp³-hybridized carbons (Fsp3) is 0.900. The minimum absolute atomic E-state index is 0.177. The highest BCUT2D eigenvalue weighted by molar-refractivity contribution is 5.78. The van der Waals surface area contributed by atoms with E-state index in [9.17, 15) is 14.9 Å². The van der Waals surface area contributed by atoms with Crippen LogP contribution in [0, 0.1) is 10.1 Å². The molecule has 1 atom stereocenters. The summed E-state index contributed by atoms with van der Waals surface area (Å²) >= 11 is 0. The summed E-state index contributed by atoms with van der Waals surface area (Å²) in [6.07, 6.45) is 2.78. The highest BCUT2D eigenvalue weighted by Crippen LogP contribution is 2.20. The van der Waals surface area contributed by atoms with Gasteiger partial charge in [-0.15, -0.1) is 0 Å². The molecule has 0 aliphatic rings. The first-order chi connectivity index (χ1) is 6.99. The van der Waals surface area contributed by atoms with Gasteiger partial charge in [-0.1, -0.05) is 19.8 Å². The van der Waals surface area contributed by atoms with E-state index in [1.165, 1.54) is 6.92 Å². The number of carbonyl (C=O) groups excluding carboxylic acids is 1. The monoisotopic (exact) mass is 217 g/mol. The van der Waals surface area contributed by atoms with Gasteiger partial charge in [0.2, 0.25) is 0 Å². The van der Waals surface area contributed by atoms with Crippen molar-refractivity contribution in [3.05, 3.63) is 10.1 Å². The van der Waals surface area contributed by atoms with Crippen molar-refractivity contribution >= 4 is 5.97 Å². The molecule has 0 unspecified atom stereocenters. The van der Waals surface area contributed by atoms with Crippen LogP contribution in [0.4, 0.5) is 0 Å². The summed E-state index contributed by atoms with van der Waals surface area (Å²) in [5.74, 6) is -0.730. The van der Waals surface area contributed by atoms with E-state index in [1.54, 1.807) is 6.92 Å². The third-order valence-corrected chi connectivity index (χ3v) is 2.39. The van der Waals surface area contributed by atoms with Gasteiger partial charge in [0.15, 0.2) is 0 Å². The van der Waals surface area contributed by atoms with E-state index in [-0.39, 0.29) is 13.0 Å². The second kappa shape index (κ2) is 6.37. The Hall–Kier alpha value is -1.13. The molecule has 0 aromatic carbocycles. The van der Waals surface area contributed by atoms with Crippen LogP contribution in [0.25, 0.3) is 0 Å². The number of hydrogen-bond acceptors (Lipinski definition) is 4. The molecular weight excluding hydrogens is 198 g/mol. The number of carbonyl (C=O) groups is 1. The molecule has 0 rings (SSSR count). The Kier molecular flexibility index (Phi) is 5.89. The Balaban J connectivity index is 4.44. The van der Waals surface area contributed by atoms with E-state index in [4.69, 9.17) is 4.74 Å². The van der Waals surface area contributed by atoms with Gasteiger partial charge < -0.3 is 4.74 Å². The maximum atomic E-state index is 11.4. The number of esters is 1. The Morgan fingerprint density at radius 3 is 2.40 bits per heavy atom. The molecule has 5 heteroatoms. The highest BCUT2D eigenvalue weighted by Gasteiger charge is 2.46. The lowest BCUT2D eigenvalue weighted by molar-refractivity contribution is -0.552. The van der Waals surface area contributed by atoms with Gasteiger partial charge in [0.25, 0.3) is 0 Å². The fourth-order valence-corrected chi connectivity index (χ4v) is 1.27. The molecule has 0 aliphatic heterocycles. The minimum Gasteiger partial charge on any atom is -0.461 e. The van der Waals surface area contributed by atoms with Crippen LogP contribution in [0.3, 0.4) is 0 Å². The van der Waals surface area contributed by atoms with Crippen molar-refractivity contribution < 1.29 is 14.5 Å². The standard InChI is InChI=1S/C10H19NO4/c1-4-6-7-8-10(3,11(13)14)9(12)15-5-2/h4-8H2,1-3H3/t10-/m1/s1. The Morgan fingerprint density at radius 2 is 2.00 bits per heavy atom. The molecule has 0 saturated carbocycles. The van der Waals surface area contributed by atoms with Crippen LogP contribution in [0.2, 0.25) is 0 Å². The summed E-state index contributed by atoms with van der Waals surface area (Å²) in [5.41, 5.74) is -1.58. The minimum atomic E-state index is -1.58. The third kappa shape index (κ3) is 3.85. The van der Waals surface area contributed by atoms with Crippen molar-refractivity contribution in [3.8, 4) is 0 Å². The lowest BCUT2D eigenvalue weighted by Gasteiger charge is -2.18. The van der Waals surface area contributed by atoms with E-state index < -0.39 is 16.4 Å². The van der Waals surface area contributed by atoms with Crippen LogP contribution in [-0.2, 0) is 9.53 Å². The summed E-state index contributed by atoms with van der Waals surface area (Å²) < 4.78 is 4.72. The molecular formula is C10H19NO4. The maximum absolute atomic E-state index is 11.4. The molecule has 0 radical (unpaired) electrons. The summed E-state index contributed by atoms with van der Waals surface area (Å²) in [5, 5.41) is 10.8. The molecule has 0 saturated heterocycles. The zero-order valence-electron chi connectivity index (χ0n) is 9.62. The zero-order valence-corrected chi connectivity index (χ0v) is 9.62. The lowest BCUT2D eigenvalue weighted by Crippen LogP contribution is -2.44. The Labute approximate surface area is 90.0 Å². The quantitative estimate of drug-likeness (QED) is 0.283. The van der Waals surface area contributed by atoms with Crippen LogP contribution in [0.5, 0.6) is 0 Å². The first-order valence-corrected chi connectivity index (χ1v) is 5.30. The molecule has 0 aromatic heterocycles. The fourth-order valence-electron chi connectivity index (χ4n) is 1.27. The molecule has 0 N–H and O–H groups in total. The van der Waals surface area contributed by atoms with Crippen LogP contribution >= 0.6 is 0 Å². The van der Waals surface area contributed by atoms with E-state index in [1.807, 2.05) is 6.92 Å². The smallest absolute Gasteiger partial charge is 0.384 e. The SMILES string of the molecule is CCCCC[C@](C)(C(=O)OCC)[N+](=O)[O-]. The second-order valence-electron chi connectivity index (χ2n) is 3.71. The first-order valence-electron chi connectivity index (χ1n) is 5.30. The van der Waals surface area contributed by atoms with Gasteiger partial charge in [-0.3, -0.25) is 10.1 Å². The van der Waals surface area contributed by atoms with E-state index >= 15 is 0 Å². The Bertz CT molecular complexity index is 229. The predicted octanol–water partition coefficient (Wildman–Crippen LogP) is 2.17. The maximum Gasteiger partial charge on any atom is 0.384 e. The number of hydrogen-bond donors (Lipinski definition) is 0. The van der Waals surface area contributed by atoms with Crippen LogP contribution in [0.15, 0.2) is 0 Å². The van der Waals surface area contributed by atoms with Gasteiger partial charge in [-0.05, 0) is 13.3 Å². The molecule has 0 bridgehead atoms. The predicted molar refractivity (Wildman–Crippen MR) is 56.2 cm³/mol. The van der Waals surface area contributed by atoms with Gasteiger partial charge >= 0.3 is 11.5 Å². The summed E-state index contributed by atoms with van der Waals surface area (Å²) in [7, 11) is 0. The summed E-state index contributed by atoms with van der Waals surface area (Å²) in [4.78, 5) is 21.7. The zero-order chi connectivity index (χ0) is 11.9. The molecule has 5 nitrogen and oxygen atoms in total. The number of ether oxygens (including phenoxy) is 1. The summed E-state index contributed by atoms with van der Waals surface area (Å²) in [6, 6.07) is 0. The van der Waals surface area contributed by atoms with E-state index in [2.05, 4.69) is 0 Å². The molecule has 0 spiro atoms. The lowest BCUT2D eigenvalue weighted by atomic mass is 9.95. The number of unbranched alkanes of at least 4 members (excludes halogenated alkanes) is 2. The van der Waals surface area contributed by atoms with Crippen molar-refractivity contribution in [1.82, 2.24) is 0 Å². The molecule has 0 heterocycles. The van der Waals surface area contributed by atoms with E-state index in [0.717, 1.165) is 12.8 Å². The molecule has 88 valence electrons. The number of rotatable bonds is 7. The molecule has 0 fully saturated rings. The highest BCUT2D eigenvalue weighted by atomic mass is 16.6. The van der Waals surface area contributed by atoms with Crippen LogP contribution in [-0.4, -0.2) is 23.0 Å². The van der Waals surface area contributed by atoms with Crippen molar-refractivity contribution in [2.75, 3.05) is 6.61 Å². The topological polar surface area (TPSA) is 69.4 Å². The molecule has 0 aliphatic carbocycles. The summed E-state index contributed by atoms with van der Waals surface area (Å²) in [6.45, 7) is 5.16. The number of nitro groups is 1. The van der Waals surface area contributed by atoms with Gasteiger partial charge in [-0.2, -0.15) is 0 Å². The van der Waals surface area contributed by atoms with Crippen LogP contribution < -0.4 is 0 Å². The van der Waals surface area contributed by atoms with Crippen molar-refractivity contribution in [2.24, 2.45) is 0 Å². The number of nitrogens with zero attached hydrogens (tertiary/aromatic N) is 1. The molecule has 0 aromatic rings. The molecule has 0 amide bonds. The van der Waals surface area contributed by atoms with Gasteiger partial charge in [-0.25, -0.2) is 4.79 Å². The van der Waals surface area contributed by atoms with Crippen molar-refractivity contribution in [2.45, 2.75) is 52.0 Å². The second-order valence-corrected chi connectivity index (χ2v) is 3.71. The van der Waals surface area contributed by atoms with Gasteiger partial charge in [0.05, 0.1) is 6.61 Å². The molecule has 15 heavy (non-hydrogen) atoms. The van der Waals surface area contributed by atoms with Gasteiger partial charge in [0, 0.05) is 18.3 Å². The average Bonchev–Trinajstić information content (AvgIpc) is 2.18. The Morgan fingerprint density at radius 1 is 1.40 bits per heavy atom. The largest absolute Gasteiger partial charge is 0.461 e.